The molecule has 0 bridgehead atoms. The maximum Gasteiger partial charge on any atom is 0.419 e. The number of hydrogen-bond acceptors (Lipinski definition) is 5. The van der Waals surface area contributed by atoms with Crippen LogP contribution in [0.4, 0.5) is 4.79 Å². The second-order valence-corrected chi connectivity index (χ2v) is 5.89. The lowest BCUT2D eigenvalue weighted by Gasteiger charge is -2.21. The Hall–Kier alpha value is -1.99. The minimum absolute atomic E-state index is 0.392. The fourth-order valence-electron chi connectivity index (χ4n) is 3.01. The monoisotopic (exact) mass is 321 g/mol. The van der Waals surface area contributed by atoms with Gasteiger partial charge in [-0.1, -0.05) is 6.07 Å². The van der Waals surface area contributed by atoms with E-state index < -0.39 is 6.09 Å². The number of carboxylic acid groups (broad SMARTS) is 1. The van der Waals surface area contributed by atoms with Crippen LogP contribution >= 0.6 is 0 Å². The lowest BCUT2D eigenvalue weighted by molar-refractivity contribution is 0.141. The number of amides is 1. The predicted molar refractivity (Wildman–Crippen MR) is 84.6 cm³/mol. The Labute approximate surface area is 135 Å². The van der Waals surface area contributed by atoms with Crippen LogP contribution in [0.1, 0.15) is 24.8 Å². The first-order valence-electron chi connectivity index (χ1n) is 8.07. The molecule has 2 aliphatic rings. The van der Waals surface area contributed by atoms with Crippen LogP contribution in [0, 0.1) is 0 Å². The van der Waals surface area contributed by atoms with Crippen LogP contribution in [0.15, 0.2) is 18.2 Å². The van der Waals surface area contributed by atoms with Gasteiger partial charge in [0.15, 0.2) is 11.5 Å². The summed E-state index contributed by atoms with van der Waals surface area (Å²) in [6.45, 7) is 3.46. The molecular formula is C16H23N3O4. The van der Waals surface area contributed by atoms with Gasteiger partial charge in [-0.15, -0.1) is 0 Å². The number of nitrogens with zero attached hydrogens (tertiary/aromatic N) is 1. The summed E-state index contributed by atoms with van der Waals surface area (Å²) in [5.74, 6) is 1.62. The van der Waals surface area contributed by atoms with Crippen LogP contribution in [0.3, 0.4) is 0 Å². The zero-order chi connectivity index (χ0) is 16.1. The molecule has 1 unspecified atom stereocenters. The molecule has 3 rings (SSSR count). The molecule has 0 spiro atoms. The zero-order valence-electron chi connectivity index (χ0n) is 13.1. The van der Waals surface area contributed by atoms with Gasteiger partial charge in [0.2, 0.25) is 0 Å². The van der Waals surface area contributed by atoms with E-state index in [0.717, 1.165) is 50.4 Å². The largest absolute Gasteiger partial charge is 0.486 e. The Bertz CT molecular complexity index is 552. The molecule has 1 aromatic carbocycles. The van der Waals surface area contributed by atoms with E-state index in [4.69, 9.17) is 14.6 Å². The smallest absolute Gasteiger partial charge is 0.419 e. The van der Waals surface area contributed by atoms with E-state index in [2.05, 4.69) is 16.8 Å². The third kappa shape index (κ3) is 4.49. The van der Waals surface area contributed by atoms with Gasteiger partial charge in [0.05, 0.1) is 0 Å². The minimum atomic E-state index is -0.993. The molecule has 1 fully saturated rings. The van der Waals surface area contributed by atoms with Crippen LogP contribution in [-0.4, -0.2) is 48.6 Å². The molecule has 0 aromatic heterocycles. The van der Waals surface area contributed by atoms with E-state index in [-0.39, 0.29) is 0 Å². The van der Waals surface area contributed by atoms with Gasteiger partial charge in [0.1, 0.15) is 13.2 Å². The van der Waals surface area contributed by atoms with Gasteiger partial charge in [-0.25, -0.2) is 9.80 Å². The summed E-state index contributed by atoms with van der Waals surface area (Å²) in [6.07, 6.45) is 1.94. The zero-order valence-corrected chi connectivity index (χ0v) is 13.1. The van der Waals surface area contributed by atoms with Gasteiger partial charge >= 0.3 is 6.09 Å². The van der Waals surface area contributed by atoms with Crippen LogP contribution < -0.4 is 20.2 Å². The number of fused-ring (bicyclic) bond motifs is 1. The van der Waals surface area contributed by atoms with Gasteiger partial charge in [-0.3, -0.25) is 5.43 Å². The molecule has 126 valence electrons. The quantitative estimate of drug-likeness (QED) is 0.781. The summed E-state index contributed by atoms with van der Waals surface area (Å²) < 4.78 is 11.1. The molecule has 1 amide bonds. The number of hydrogen-bond donors (Lipinski definition) is 3. The average molecular weight is 321 g/mol. The summed E-state index contributed by atoms with van der Waals surface area (Å²) >= 11 is 0. The third-order valence-corrected chi connectivity index (χ3v) is 4.18. The van der Waals surface area contributed by atoms with E-state index in [1.54, 1.807) is 5.01 Å². The highest BCUT2D eigenvalue weighted by atomic mass is 16.6. The maximum absolute atomic E-state index is 10.7. The first-order valence-corrected chi connectivity index (χ1v) is 8.07. The van der Waals surface area contributed by atoms with Crippen LogP contribution in [0.25, 0.3) is 0 Å². The molecule has 1 aromatic rings. The molecule has 0 saturated carbocycles. The summed E-state index contributed by atoms with van der Waals surface area (Å²) in [5, 5.41) is 14.1. The fraction of sp³-hybridized carbons (Fsp3) is 0.562. The Balaban J connectivity index is 1.49. The van der Waals surface area contributed by atoms with Gasteiger partial charge in [0, 0.05) is 25.7 Å². The molecule has 1 atom stereocenters. The summed E-state index contributed by atoms with van der Waals surface area (Å²) in [4.78, 5) is 10.7. The first-order chi connectivity index (χ1) is 11.2. The lowest BCUT2D eigenvalue weighted by Crippen LogP contribution is -2.42. The number of nitrogens with one attached hydrogen (secondary N) is 2. The molecule has 23 heavy (non-hydrogen) atoms. The van der Waals surface area contributed by atoms with Crippen molar-refractivity contribution in [2.75, 3.05) is 26.3 Å². The maximum atomic E-state index is 10.7. The van der Waals surface area contributed by atoms with Gasteiger partial charge in [0.25, 0.3) is 0 Å². The summed E-state index contributed by atoms with van der Waals surface area (Å²) in [7, 11) is 0. The topological polar surface area (TPSA) is 83.1 Å². The third-order valence-electron chi connectivity index (χ3n) is 4.18. The number of ether oxygens (including phenoxy) is 2. The van der Waals surface area contributed by atoms with Crippen molar-refractivity contribution in [3.05, 3.63) is 23.8 Å². The first kappa shape index (κ1) is 15.9. The molecule has 7 nitrogen and oxygen atoms in total. The van der Waals surface area contributed by atoms with E-state index in [1.165, 1.54) is 5.56 Å². The van der Waals surface area contributed by atoms with E-state index in [1.807, 2.05) is 12.1 Å². The Morgan fingerprint density at radius 2 is 2.04 bits per heavy atom. The van der Waals surface area contributed by atoms with Crippen LogP contribution in [0.5, 0.6) is 11.5 Å². The van der Waals surface area contributed by atoms with E-state index in [9.17, 15) is 4.79 Å². The Kier molecular flexibility index (Phi) is 5.19. The SMILES string of the molecule is O=C(O)NN1CCCC(NCc2ccc3c(c2)OCCO3)CC1. The molecule has 7 heteroatoms. The van der Waals surface area contributed by atoms with Crippen molar-refractivity contribution in [3.8, 4) is 11.5 Å². The Morgan fingerprint density at radius 1 is 1.22 bits per heavy atom. The molecule has 0 radical (unpaired) electrons. The van der Waals surface area contributed by atoms with Gasteiger partial charge in [-0.2, -0.15) is 0 Å². The van der Waals surface area contributed by atoms with Crippen molar-refractivity contribution < 1.29 is 19.4 Å². The minimum Gasteiger partial charge on any atom is -0.486 e. The number of benzene rings is 1. The normalized spacial score (nSPS) is 21.5. The molecule has 1 saturated heterocycles. The van der Waals surface area contributed by atoms with E-state index in [0.29, 0.717) is 19.3 Å². The number of hydrazine groups is 1. The molecular weight excluding hydrogens is 298 g/mol. The number of carbonyl (C=O) groups is 1. The summed E-state index contributed by atoms with van der Waals surface area (Å²) in [5.41, 5.74) is 3.61. The van der Waals surface area contributed by atoms with Crippen molar-refractivity contribution in [1.29, 1.82) is 0 Å². The van der Waals surface area contributed by atoms with Crippen molar-refractivity contribution in [1.82, 2.24) is 15.8 Å². The number of rotatable bonds is 4. The second kappa shape index (κ2) is 7.52. The highest BCUT2D eigenvalue weighted by Gasteiger charge is 2.18. The van der Waals surface area contributed by atoms with Crippen LogP contribution in [0.2, 0.25) is 0 Å². The highest BCUT2D eigenvalue weighted by molar-refractivity contribution is 5.63. The van der Waals surface area contributed by atoms with Crippen LogP contribution in [-0.2, 0) is 6.54 Å². The van der Waals surface area contributed by atoms with Gasteiger partial charge < -0.3 is 19.9 Å². The molecule has 0 aliphatic carbocycles. The molecule has 2 heterocycles. The van der Waals surface area contributed by atoms with Crippen molar-refractivity contribution in [2.45, 2.75) is 31.8 Å². The lowest BCUT2D eigenvalue weighted by atomic mass is 10.1. The second-order valence-electron chi connectivity index (χ2n) is 5.89. The molecule has 3 N–H and O–H groups in total. The standard InChI is InChI=1S/C16H23N3O4/c20-16(21)18-19-6-1-2-13(5-7-19)17-11-12-3-4-14-15(10-12)23-9-8-22-14/h3-4,10,13,17-18H,1-2,5-9,11H2,(H,20,21). The van der Waals surface area contributed by atoms with Crippen molar-refractivity contribution >= 4 is 6.09 Å². The van der Waals surface area contributed by atoms with Gasteiger partial charge in [-0.05, 0) is 37.0 Å². The van der Waals surface area contributed by atoms with Crippen molar-refractivity contribution in [3.63, 3.8) is 0 Å². The highest BCUT2D eigenvalue weighted by Crippen LogP contribution is 2.30. The van der Waals surface area contributed by atoms with Crippen molar-refractivity contribution in [2.24, 2.45) is 0 Å². The summed E-state index contributed by atoms with van der Waals surface area (Å²) in [6, 6.07) is 6.42. The molecule has 2 aliphatic heterocycles. The Morgan fingerprint density at radius 3 is 2.87 bits per heavy atom. The predicted octanol–water partition coefficient (Wildman–Crippen LogP) is 1.58. The fourth-order valence-corrected chi connectivity index (χ4v) is 3.01. The average Bonchev–Trinajstić information content (AvgIpc) is 2.77. The van der Waals surface area contributed by atoms with E-state index >= 15 is 0 Å².